The molecule has 4 nitrogen and oxygen atoms in total. The maximum atomic E-state index is 12.1. The number of imidazole rings is 1. The van der Waals surface area contributed by atoms with Crippen molar-refractivity contribution in [3.8, 4) is 6.07 Å². The Morgan fingerprint density at radius 2 is 1.96 bits per heavy atom. The van der Waals surface area contributed by atoms with Crippen LogP contribution in [-0.4, -0.2) is 14.6 Å². The Labute approximate surface area is 146 Å². The van der Waals surface area contributed by atoms with Crippen LogP contribution in [0.4, 0.5) is 13.2 Å². The molecule has 8 heteroatoms. The summed E-state index contributed by atoms with van der Waals surface area (Å²) in [7, 11) is 0. The minimum atomic E-state index is -4.44. The molecule has 128 valence electrons. The van der Waals surface area contributed by atoms with E-state index in [2.05, 4.69) is 10.1 Å². The monoisotopic (exact) mass is 364 g/mol. The quantitative estimate of drug-likeness (QED) is 0.621. The second kappa shape index (κ2) is 6.73. The molecule has 4 rings (SSSR count). The summed E-state index contributed by atoms with van der Waals surface area (Å²) in [5, 5.41) is 13.0. The van der Waals surface area contributed by atoms with Crippen molar-refractivity contribution in [2.24, 2.45) is 0 Å². The van der Waals surface area contributed by atoms with E-state index in [1.54, 1.807) is 10.7 Å². The minimum Gasteiger partial charge on any atom is -0.235 e. The number of fused-ring (bicyclic) bond motifs is 1. The second-order valence-corrected chi connectivity index (χ2v) is 5.93. The highest BCUT2D eigenvalue weighted by atomic mass is 35.5. The zero-order valence-corrected chi connectivity index (χ0v) is 13.6. The summed E-state index contributed by atoms with van der Waals surface area (Å²) >= 11 is 5.89. The Balaban J connectivity index is 0.000000147. The average Bonchev–Trinajstić information content (AvgIpc) is 3.32. The van der Waals surface area contributed by atoms with E-state index in [4.69, 9.17) is 16.9 Å². The van der Waals surface area contributed by atoms with E-state index in [-0.39, 0.29) is 5.56 Å². The van der Waals surface area contributed by atoms with Gasteiger partial charge in [0.2, 0.25) is 0 Å². The van der Waals surface area contributed by atoms with Gasteiger partial charge in [-0.05, 0) is 37.0 Å². The van der Waals surface area contributed by atoms with E-state index in [0.717, 1.165) is 17.8 Å². The first-order valence-corrected chi connectivity index (χ1v) is 7.84. The maximum absolute atomic E-state index is 12.1. The summed E-state index contributed by atoms with van der Waals surface area (Å²) in [5.41, 5.74) is 0.967. The highest BCUT2D eigenvalue weighted by Crippen LogP contribution is 2.41. The predicted octanol–water partition coefficient (Wildman–Crippen LogP) is 4.84. The molecular formula is C17H12ClF3N4. The van der Waals surface area contributed by atoms with Crippen molar-refractivity contribution < 1.29 is 13.2 Å². The number of hydrogen-bond donors (Lipinski definition) is 0. The highest BCUT2D eigenvalue weighted by molar-refractivity contribution is 6.29. The standard InChI is InChI=1S/C9H8ClN3.C8H4F3N/c10-8-5-7(6-1-2-6)9-11-3-4-13(9)12-8;9-8(10,11)7-4-2-1-3-6(7)5-12/h3-6H,1-2H2;1-4H. The third kappa shape index (κ3) is 3.91. The lowest BCUT2D eigenvalue weighted by Crippen LogP contribution is -2.06. The third-order valence-electron chi connectivity index (χ3n) is 3.73. The predicted molar refractivity (Wildman–Crippen MR) is 86.1 cm³/mol. The average molecular weight is 365 g/mol. The molecule has 0 saturated heterocycles. The third-order valence-corrected chi connectivity index (χ3v) is 3.91. The lowest BCUT2D eigenvalue weighted by atomic mass is 10.1. The Morgan fingerprint density at radius 3 is 2.56 bits per heavy atom. The molecule has 0 N–H and O–H groups in total. The number of halogens is 4. The molecule has 1 aromatic carbocycles. The first-order chi connectivity index (χ1) is 11.9. The van der Waals surface area contributed by atoms with Crippen molar-refractivity contribution in [3.63, 3.8) is 0 Å². The number of nitrogens with zero attached hydrogens (tertiary/aromatic N) is 4. The van der Waals surface area contributed by atoms with Crippen LogP contribution in [-0.2, 0) is 6.18 Å². The van der Waals surface area contributed by atoms with Gasteiger partial charge >= 0.3 is 6.18 Å². The van der Waals surface area contributed by atoms with Crippen LogP contribution in [0.5, 0.6) is 0 Å². The minimum absolute atomic E-state index is 0.343. The van der Waals surface area contributed by atoms with Gasteiger partial charge in [-0.2, -0.15) is 23.5 Å². The molecule has 0 amide bonds. The largest absolute Gasteiger partial charge is 0.417 e. The van der Waals surface area contributed by atoms with E-state index >= 15 is 0 Å². The van der Waals surface area contributed by atoms with E-state index in [1.165, 1.54) is 36.6 Å². The zero-order valence-electron chi connectivity index (χ0n) is 12.8. The van der Waals surface area contributed by atoms with Crippen LogP contribution < -0.4 is 0 Å². The van der Waals surface area contributed by atoms with Crippen LogP contribution >= 0.6 is 11.6 Å². The molecule has 2 heterocycles. The van der Waals surface area contributed by atoms with Gasteiger partial charge in [0, 0.05) is 18.0 Å². The van der Waals surface area contributed by atoms with Crippen LogP contribution in [0.1, 0.15) is 35.4 Å². The summed E-state index contributed by atoms with van der Waals surface area (Å²) < 4.78 is 38.0. The van der Waals surface area contributed by atoms with E-state index in [1.807, 2.05) is 12.3 Å². The van der Waals surface area contributed by atoms with Gasteiger partial charge in [-0.3, -0.25) is 0 Å². The lowest BCUT2D eigenvalue weighted by molar-refractivity contribution is -0.137. The van der Waals surface area contributed by atoms with Crippen molar-refractivity contribution >= 4 is 17.2 Å². The molecule has 1 saturated carbocycles. The molecule has 2 aromatic heterocycles. The fourth-order valence-corrected chi connectivity index (χ4v) is 2.63. The van der Waals surface area contributed by atoms with Gasteiger partial charge in [0.1, 0.15) is 5.15 Å². The first-order valence-electron chi connectivity index (χ1n) is 7.46. The van der Waals surface area contributed by atoms with Crippen LogP contribution in [0.3, 0.4) is 0 Å². The number of aromatic nitrogens is 3. The normalized spacial score (nSPS) is 13.9. The Hall–Kier alpha value is -2.59. The molecule has 0 spiro atoms. The molecule has 0 bridgehead atoms. The van der Waals surface area contributed by atoms with Crippen LogP contribution in [0.15, 0.2) is 42.7 Å². The molecule has 0 atom stereocenters. The van der Waals surface area contributed by atoms with Gasteiger partial charge in [0.25, 0.3) is 0 Å². The van der Waals surface area contributed by atoms with Gasteiger partial charge in [0.05, 0.1) is 17.2 Å². The lowest BCUT2D eigenvalue weighted by Gasteiger charge is -2.06. The summed E-state index contributed by atoms with van der Waals surface area (Å²) in [4.78, 5) is 4.26. The van der Waals surface area contributed by atoms with E-state index in [0.29, 0.717) is 11.1 Å². The number of rotatable bonds is 1. The molecule has 25 heavy (non-hydrogen) atoms. The Kier molecular flexibility index (Phi) is 4.64. The summed E-state index contributed by atoms with van der Waals surface area (Å²) in [5.74, 6) is 0.658. The Bertz CT molecular complexity index is 939. The number of nitriles is 1. The number of hydrogen-bond acceptors (Lipinski definition) is 3. The first kappa shape index (κ1) is 17.2. The molecule has 1 aliphatic rings. The summed E-state index contributed by atoms with van der Waals surface area (Å²) in [6.45, 7) is 0. The number of benzene rings is 1. The highest BCUT2D eigenvalue weighted by Gasteiger charge is 2.32. The molecule has 3 aromatic rings. The Morgan fingerprint density at radius 1 is 1.24 bits per heavy atom. The van der Waals surface area contributed by atoms with Crippen LogP contribution in [0.25, 0.3) is 5.65 Å². The van der Waals surface area contributed by atoms with Crippen LogP contribution in [0.2, 0.25) is 5.15 Å². The van der Waals surface area contributed by atoms with E-state index in [9.17, 15) is 13.2 Å². The van der Waals surface area contributed by atoms with Gasteiger partial charge in [0.15, 0.2) is 5.65 Å². The number of alkyl halides is 3. The molecule has 0 unspecified atom stereocenters. The van der Waals surface area contributed by atoms with Gasteiger partial charge < -0.3 is 0 Å². The molecule has 1 fully saturated rings. The molecule has 0 aliphatic heterocycles. The zero-order chi connectivity index (χ0) is 18.0. The van der Waals surface area contributed by atoms with E-state index < -0.39 is 11.7 Å². The van der Waals surface area contributed by atoms with Crippen molar-refractivity contribution in [2.45, 2.75) is 24.9 Å². The second-order valence-electron chi connectivity index (χ2n) is 5.55. The molecular weight excluding hydrogens is 353 g/mol. The van der Waals surface area contributed by atoms with Gasteiger partial charge in [-0.25, -0.2) is 9.50 Å². The summed E-state index contributed by atoms with van der Waals surface area (Å²) in [6, 6.07) is 8.09. The van der Waals surface area contributed by atoms with Crippen molar-refractivity contribution in [1.82, 2.24) is 14.6 Å². The smallest absolute Gasteiger partial charge is 0.235 e. The van der Waals surface area contributed by atoms with Gasteiger partial charge in [-0.15, -0.1) is 0 Å². The van der Waals surface area contributed by atoms with Crippen molar-refractivity contribution in [1.29, 1.82) is 5.26 Å². The maximum Gasteiger partial charge on any atom is 0.417 e. The van der Waals surface area contributed by atoms with Crippen molar-refractivity contribution in [2.75, 3.05) is 0 Å². The van der Waals surface area contributed by atoms with Crippen LogP contribution in [0, 0.1) is 11.3 Å². The summed E-state index contributed by atoms with van der Waals surface area (Å²) in [6.07, 6.45) is 1.65. The topological polar surface area (TPSA) is 54.0 Å². The fourth-order valence-electron chi connectivity index (χ4n) is 2.43. The SMILES string of the molecule is Clc1cc(C2CC2)c2nccn2n1.N#Cc1ccccc1C(F)(F)F. The van der Waals surface area contributed by atoms with Crippen molar-refractivity contribution in [3.05, 3.63) is 64.6 Å². The molecule has 0 radical (unpaired) electrons. The van der Waals surface area contributed by atoms with Gasteiger partial charge in [-0.1, -0.05) is 23.7 Å². The fraction of sp³-hybridized carbons (Fsp3) is 0.235. The molecule has 1 aliphatic carbocycles.